The molecule has 1 aliphatic heterocycles. The lowest BCUT2D eigenvalue weighted by atomic mass is 9.80. The molecule has 0 bridgehead atoms. The second-order valence-corrected chi connectivity index (χ2v) is 7.64. The number of hydrogen-bond donors (Lipinski definition) is 2. The highest BCUT2D eigenvalue weighted by Crippen LogP contribution is 2.40. The van der Waals surface area contributed by atoms with E-state index in [2.05, 4.69) is 4.99 Å². The van der Waals surface area contributed by atoms with E-state index in [1.54, 1.807) is 45.0 Å². The van der Waals surface area contributed by atoms with Crippen LogP contribution in [0.5, 0.6) is 0 Å². The van der Waals surface area contributed by atoms with Crippen LogP contribution in [0.3, 0.4) is 0 Å². The Morgan fingerprint density at radius 2 is 1.90 bits per heavy atom. The van der Waals surface area contributed by atoms with Crippen molar-refractivity contribution in [2.75, 3.05) is 19.0 Å². The first-order valence-electron chi connectivity index (χ1n) is 9.16. The summed E-state index contributed by atoms with van der Waals surface area (Å²) in [5.41, 5.74) is 7.10. The van der Waals surface area contributed by atoms with Gasteiger partial charge >= 0.3 is 11.9 Å². The van der Waals surface area contributed by atoms with E-state index in [1.807, 2.05) is 0 Å². The minimum absolute atomic E-state index is 0.0834. The quantitative estimate of drug-likeness (QED) is 0.384. The van der Waals surface area contributed by atoms with Crippen LogP contribution in [-0.4, -0.2) is 47.8 Å². The maximum absolute atomic E-state index is 13.0. The van der Waals surface area contributed by atoms with Gasteiger partial charge in [0, 0.05) is 16.5 Å². The van der Waals surface area contributed by atoms with Crippen LogP contribution in [0.25, 0.3) is 5.57 Å². The Morgan fingerprint density at radius 1 is 1.24 bits per heavy atom. The fraction of sp³-hybridized carbons (Fsp3) is 0.400. The van der Waals surface area contributed by atoms with E-state index in [9.17, 15) is 9.59 Å². The number of esters is 2. The predicted octanol–water partition coefficient (Wildman–Crippen LogP) is 3.31. The molecule has 0 spiro atoms. The van der Waals surface area contributed by atoms with E-state index >= 15 is 0 Å². The van der Waals surface area contributed by atoms with Crippen LogP contribution >= 0.6 is 23.4 Å². The van der Waals surface area contributed by atoms with Crippen LogP contribution in [0.4, 0.5) is 0 Å². The van der Waals surface area contributed by atoms with Crippen molar-refractivity contribution < 1.29 is 19.1 Å². The van der Waals surface area contributed by atoms with E-state index in [-0.39, 0.29) is 29.7 Å². The Hall–Kier alpha value is -2.32. The highest BCUT2D eigenvalue weighted by atomic mass is 35.5. The number of nitrogens with one attached hydrogen (secondary N) is 1. The fourth-order valence-electron chi connectivity index (χ4n) is 3.19. The topological polar surface area (TPSA) is 115 Å². The first-order valence-corrected chi connectivity index (χ1v) is 10.5. The second kappa shape index (κ2) is 10.5. The summed E-state index contributed by atoms with van der Waals surface area (Å²) in [4.78, 5) is 30.3. The Kier molecular flexibility index (Phi) is 8.28. The molecule has 1 heterocycles. The number of dihydropyridines is 1. The number of carbonyl (C=O) groups is 2. The van der Waals surface area contributed by atoms with E-state index < -0.39 is 23.9 Å². The summed E-state index contributed by atoms with van der Waals surface area (Å²) in [6.07, 6.45) is 0. The Bertz CT molecular complexity index is 869. The third-order valence-electron chi connectivity index (χ3n) is 4.28. The summed E-state index contributed by atoms with van der Waals surface area (Å²) in [6, 6.07) is 6.40. The van der Waals surface area contributed by atoms with E-state index in [0.29, 0.717) is 21.9 Å². The van der Waals surface area contributed by atoms with Crippen LogP contribution in [0, 0.1) is 11.3 Å². The lowest BCUT2D eigenvalue weighted by Gasteiger charge is -2.31. The van der Waals surface area contributed by atoms with Gasteiger partial charge in [0.25, 0.3) is 0 Å². The minimum Gasteiger partial charge on any atom is -0.465 e. The van der Waals surface area contributed by atoms with Gasteiger partial charge < -0.3 is 15.2 Å². The zero-order valence-corrected chi connectivity index (χ0v) is 18.1. The fourth-order valence-corrected chi connectivity index (χ4v) is 4.04. The third kappa shape index (κ3) is 5.39. The van der Waals surface area contributed by atoms with Gasteiger partial charge in [-0.2, -0.15) is 0 Å². The van der Waals surface area contributed by atoms with E-state index in [0.717, 1.165) is 11.8 Å². The lowest BCUT2D eigenvalue weighted by Crippen LogP contribution is -2.38. The van der Waals surface area contributed by atoms with Crippen LogP contribution < -0.4 is 5.73 Å². The normalized spacial score (nSPS) is 18.8. The number of nitrogens with two attached hydrogens (primary N) is 1. The standard InChI is InChI=1S/C20H24ClN3O4S/c1-4-27-18(25)15-11(3)24-14(10-29-20(22)23)17(19(26)28-5-2)16(15)12-8-6-7-9-13(12)21/h6-9,14,17H,4-5,10H2,1-3H3,(H3,22,23). The van der Waals surface area contributed by atoms with E-state index in [4.69, 9.17) is 32.2 Å². The number of halogens is 1. The number of hydrogen-bond acceptors (Lipinski definition) is 7. The second-order valence-electron chi connectivity index (χ2n) is 6.18. The minimum atomic E-state index is -0.884. The lowest BCUT2D eigenvalue weighted by molar-refractivity contribution is -0.146. The first kappa shape index (κ1) is 23.0. The van der Waals surface area contributed by atoms with Crippen molar-refractivity contribution in [2.24, 2.45) is 16.6 Å². The molecule has 9 heteroatoms. The summed E-state index contributed by atoms with van der Waals surface area (Å²) < 4.78 is 10.5. The molecule has 0 fully saturated rings. The number of carbonyl (C=O) groups excluding carboxylic acids is 2. The van der Waals surface area contributed by atoms with Crippen molar-refractivity contribution in [3.05, 3.63) is 40.4 Å². The van der Waals surface area contributed by atoms with Crippen molar-refractivity contribution in [2.45, 2.75) is 26.8 Å². The van der Waals surface area contributed by atoms with Crippen LogP contribution in [0.15, 0.2) is 34.8 Å². The molecule has 1 aromatic carbocycles. The molecule has 1 aromatic rings. The number of nitrogens with zero attached hydrogens (tertiary/aromatic N) is 1. The van der Waals surface area contributed by atoms with Crippen molar-refractivity contribution >= 4 is 51.8 Å². The van der Waals surface area contributed by atoms with Crippen LogP contribution in [0.1, 0.15) is 26.3 Å². The molecule has 1 aliphatic rings. The summed E-state index contributed by atoms with van der Waals surface area (Å²) in [5, 5.41) is 7.81. The highest BCUT2D eigenvalue weighted by Gasteiger charge is 2.41. The average molecular weight is 438 g/mol. The zero-order valence-electron chi connectivity index (χ0n) is 16.5. The van der Waals surface area contributed by atoms with Crippen molar-refractivity contribution in [3.8, 4) is 0 Å². The molecule has 0 aliphatic carbocycles. The summed E-state index contributed by atoms with van der Waals surface area (Å²) >= 11 is 7.51. The van der Waals surface area contributed by atoms with Gasteiger partial charge in [-0.15, -0.1) is 0 Å². The number of amidine groups is 1. The van der Waals surface area contributed by atoms with Crippen molar-refractivity contribution in [1.82, 2.24) is 0 Å². The summed E-state index contributed by atoms with van der Waals surface area (Å²) in [7, 11) is 0. The van der Waals surface area contributed by atoms with Gasteiger partial charge in [0.05, 0.1) is 24.8 Å². The number of thioether (sulfide) groups is 1. The molecule has 2 atom stereocenters. The molecule has 7 nitrogen and oxygen atoms in total. The molecule has 0 radical (unpaired) electrons. The van der Waals surface area contributed by atoms with Crippen LogP contribution in [-0.2, 0) is 19.1 Å². The largest absolute Gasteiger partial charge is 0.465 e. The average Bonchev–Trinajstić information content (AvgIpc) is 2.66. The van der Waals surface area contributed by atoms with Gasteiger partial charge in [-0.3, -0.25) is 15.2 Å². The zero-order chi connectivity index (χ0) is 21.6. The smallest absolute Gasteiger partial charge is 0.340 e. The molecule has 2 unspecified atom stereocenters. The predicted molar refractivity (Wildman–Crippen MR) is 116 cm³/mol. The number of ether oxygens (including phenoxy) is 2. The Balaban J connectivity index is 2.72. The molecule has 2 rings (SSSR count). The SMILES string of the molecule is CCOC(=O)C1=C(c2ccccc2Cl)C(C(=O)OCC)C(CSC(=N)N)N=C1C. The maximum Gasteiger partial charge on any atom is 0.340 e. The van der Waals surface area contributed by atoms with Gasteiger partial charge in [-0.05, 0) is 38.0 Å². The van der Waals surface area contributed by atoms with Crippen molar-refractivity contribution in [3.63, 3.8) is 0 Å². The summed E-state index contributed by atoms with van der Waals surface area (Å²) in [5.74, 6) is -1.70. The molecule has 0 saturated carbocycles. The van der Waals surface area contributed by atoms with Gasteiger partial charge in [0.15, 0.2) is 5.17 Å². The molecule has 0 saturated heterocycles. The maximum atomic E-state index is 13.0. The molecule has 0 amide bonds. The summed E-state index contributed by atoms with van der Waals surface area (Å²) in [6.45, 7) is 5.46. The molecule has 156 valence electrons. The van der Waals surface area contributed by atoms with Gasteiger partial charge in [0.1, 0.15) is 5.92 Å². The molecular formula is C20H24ClN3O4S. The monoisotopic (exact) mass is 437 g/mol. The van der Waals surface area contributed by atoms with Crippen molar-refractivity contribution in [1.29, 1.82) is 5.41 Å². The molecule has 3 N–H and O–H groups in total. The molecular weight excluding hydrogens is 414 g/mol. The number of aliphatic imine (C=N–C) groups is 1. The number of rotatable bonds is 7. The van der Waals surface area contributed by atoms with Gasteiger partial charge in [0.2, 0.25) is 0 Å². The van der Waals surface area contributed by atoms with E-state index in [1.165, 1.54) is 0 Å². The van der Waals surface area contributed by atoms with Gasteiger partial charge in [-0.1, -0.05) is 41.6 Å². The third-order valence-corrected chi connectivity index (χ3v) is 5.43. The van der Waals surface area contributed by atoms with Gasteiger partial charge in [-0.25, -0.2) is 4.79 Å². The highest BCUT2D eigenvalue weighted by molar-refractivity contribution is 8.13. The molecule has 29 heavy (non-hydrogen) atoms. The Labute approximate surface area is 179 Å². The van der Waals surface area contributed by atoms with Crippen LogP contribution in [0.2, 0.25) is 5.02 Å². The first-order chi connectivity index (χ1) is 13.8. The Morgan fingerprint density at radius 3 is 2.48 bits per heavy atom. The number of benzene rings is 1. The molecule has 0 aromatic heterocycles.